The van der Waals surface area contributed by atoms with Crippen molar-refractivity contribution in [2.75, 3.05) is 24.6 Å². The van der Waals surface area contributed by atoms with Crippen LogP contribution in [0.15, 0.2) is 48.5 Å². The molecule has 134 valence electrons. The summed E-state index contributed by atoms with van der Waals surface area (Å²) in [6.07, 6.45) is 2.70. The maximum Gasteiger partial charge on any atom is 0.251 e. The van der Waals surface area contributed by atoms with Gasteiger partial charge in [0.25, 0.3) is 5.91 Å². The van der Waals surface area contributed by atoms with Crippen LogP contribution in [0.4, 0.5) is 5.69 Å². The molecule has 0 aliphatic carbocycles. The Morgan fingerprint density at radius 2 is 1.68 bits per heavy atom. The summed E-state index contributed by atoms with van der Waals surface area (Å²) in [5.41, 5.74) is 2.22. The molecule has 2 aromatic carbocycles. The van der Waals surface area contributed by atoms with E-state index in [2.05, 4.69) is 10.0 Å². The minimum absolute atomic E-state index is 0.115. The molecule has 0 atom stereocenters. The second-order valence-electron chi connectivity index (χ2n) is 5.66. The topological polar surface area (TPSA) is 84.5 Å². The largest absolute Gasteiger partial charge is 0.497 e. The highest BCUT2D eigenvalue weighted by atomic mass is 32.2. The minimum atomic E-state index is -3.26. The van der Waals surface area contributed by atoms with Crippen molar-refractivity contribution in [2.45, 2.75) is 12.8 Å². The van der Waals surface area contributed by atoms with Crippen molar-refractivity contribution in [3.8, 4) is 5.75 Å². The van der Waals surface area contributed by atoms with Crippen LogP contribution in [0.5, 0.6) is 5.75 Å². The number of hydrogen-bond acceptors (Lipinski definition) is 4. The van der Waals surface area contributed by atoms with E-state index in [4.69, 9.17) is 4.74 Å². The third-order valence-electron chi connectivity index (χ3n) is 3.54. The molecular weight excluding hydrogens is 340 g/mol. The number of benzene rings is 2. The maximum absolute atomic E-state index is 12.0. The lowest BCUT2D eigenvalue weighted by Gasteiger charge is -2.07. The molecule has 0 aliphatic heterocycles. The number of carbonyl (C=O) groups is 1. The Labute approximate surface area is 148 Å². The lowest BCUT2D eigenvalue weighted by molar-refractivity contribution is 0.0953. The Kier molecular flexibility index (Phi) is 6.41. The first-order valence-corrected chi connectivity index (χ1v) is 9.75. The van der Waals surface area contributed by atoms with Crippen LogP contribution in [0.2, 0.25) is 0 Å². The van der Waals surface area contributed by atoms with E-state index >= 15 is 0 Å². The van der Waals surface area contributed by atoms with E-state index in [1.807, 2.05) is 12.1 Å². The summed E-state index contributed by atoms with van der Waals surface area (Å²) in [5, 5.41) is 2.88. The molecule has 25 heavy (non-hydrogen) atoms. The van der Waals surface area contributed by atoms with Gasteiger partial charge in [-0.3, -0.25) is 9.52 Å². The van der Waals surface area contributed by atoms with Gasteiger partial charge in [0.15, 0.2) is 0 Å². The zero-order valence-corrected chi connectivity index (χ0v) is 15.1. The van der Waals surface area contributed by atoms with Crippen molar-refractivity contribution in [2.24, 2.45) is 0 Å². The second-order valence-corrected chi connectivity index (χ2v) is 7.41. The number of ether oxygens (including phenoxy) is 1. The first kappa shape index (κ1) is 18.8. The third-order valence-corrected chi connectivity index (χ3v) is 4.14. The average Bonchev–Trinajstić information content (AvgIpc) is 2.58. The molecule has 0 saturated carbocycles. The fourth-order valence-electron chi connectivity index (χ4n) is 2.29. The zero-order valence-electron chi connectivity index (χ0n) is 14.3. The molecule has 0 fully saturated rings. The van der Waals surface area contributed by atoms with Crippen LogP contribution in [-0.4, -0.2) is 34.2 Å². The number of aryl methyl sites for hydroxylation is 1. The Hall–Kier alpha value is -2.54. The number of anilines is 1. The summed E-state index contributed by atoms with van der Waals surface area (Å²) in [6, 6.07) is 14.2. The number of carbonyl (C=O) groups excluding carboxylic acids is 1. The molecule has 0 aliphatic rings. The van der Waals surface area contributed by atoms with Gasteiger partial charge in [-0.05, 0) is 54.8 Å². The van der Waals surface area contributed by atoms with Gasteiger partial charge in [0, 0.05) is 17.8 Å². The summed E-state index contributed by atoms with van der Waals surface area (Å²) in [5.74, 6) is 0.598. The van der Waals surface area contributed by atoms with Gasteiger partial charge in [-0.1, -0.05) is 12.1 Å². The second kappa shape index (κ2) is 8.53. The number of methoxy groups -OCH3 is 1. The van der Waals surface area contributed by atoms with Crippen molar-refractivity contribution in [1.29, 1.82) is 0 Å². The molecule has 0 unspecified atom stereocenters. The van der Waals surface area contributed by atoms with E-state index in [-0.39, 0.29) is 5.91 Å². The van der Waals surface area contributed by atoms with Gasteiger partial charge in [0.2, 0.25) is 10.0 Å². The summed E-state index contributed by atoms with van der Waals surface area (Å²) in [4.78, 5) is 12.0. The van der Waals surface area contributed by atoms with E-state index in [9.17, 15) is 13.2 Å². The van der Waals surface area contributed by atoms with Gasteiger partial charge in [-0.2, -0.15) is 0 Å². The van der Waals surface area contributed by atoms with Crippen molar-refractivity contribution >= 4 is 21.6 Å². The van der Waals surface area contributed by atoms with Crippen LogP contribution in [0, 0.1) is 0 Å². The van der Waals surface area contributed by atoms with Crippen LogP contribution >= 0.6 is 0 Å². The molecule has 2 N–H and O–H groups in total. The Morgan fingerprint density at radius 3 is 2.24 bits per heavy atom. The van der Waals surface area contributed by atoms with Gasteiger partial charge in [-0.15, -0.1) is 0 Å². The van der Waals surface area contributed by atoms with Crippen molar-refractivity contribution < 1.29 is 17.9 Å². The fraction of sp³-hybridized carbons (Fsp3) is 0.278. The van der Waals surface area contributed by atoms with E-state index in [1.165, 1.54) is 0 Å². The van der Waals surface area contributed by atoms with Gasteiger partial charge in [0.05, 0.1) is 13.4 Å². The molecule has 1 amide bonds. The zero-order chi connectivity index (χ0) is 18.3. The Bertz CT molecular complexity index is 800. The van der Waals surface area contributed by atoms with E-state index < -0.39 is 10.0 Å². The summed E-state index contributed by atoms with van der Waals surface area (Å²) in [6.45, 7) is 0.564. The maximum atomic E-state index is 12.0. The first-order chi connectivity index (χ1) is 11.9. The van der Waals surface area contributed by atoms with Crippen LogP contribution in [0.3, 0.4) is 0 Å². The standard InChI is InChI=1S/C18H22N2O4S/c1-24-17-11-7-15(8-12-17)18(21)19-13-3-4-14-5-9-16(10-6-14)20-25(2,22)23/h5-12,20H,3-4,13H2,1-2H3,(H,19,21). The van der Waals surface area contributed by atoms with E-state index in [1.54, 1.807) is 43.5 Å². The summed E-state index contributed by atoms with van der Waals surface area (Å²) < 4.78 is 29.8. The molecule has 2 rings (SSSR count). The Morgan fingerprint density at radius 1 is 1.04 bits per heavy atom. The predicted molar refractivity (Wildman–Crippen MR) is 98.6 cm³/mol. The van der Waals surface area contributed by atoms with E-state index in [0.29, 0.717) is 23.5 Å². The van der Waals surface area contributed by atoms with Gasteiger partial charge in [0.1, 0.15) is 5.75 Å². The monoisotopic (exact) mass is 362 g/mol. The van der Waals surface area contributed by atoms with E-state index in [0.717, 1.165) is 24.7 Å². The number of sulfonamides is 1. The lowest BCUT2D eigenvalue weighted by Crippen LogP contribution is -2.24. The van der Waals surface area contributed by atoms with Crippen LogP contribution in [0.25, 0.3) is 0 Å². The molecule has 7 heteroatoms. The number of hydrogen-bond donors (Lipinski definition) is 2. The molecule has 0 spiro atoms. The van der Waals surface area contributed by atoms with Crippen LogP contribution < -0.4 is 14.8 Å². The third kappa shape index (κ3) is 6.46. The van der Waals surface area contributed by atoms with Gasteiger partial charge < -0.3 is 10.1 Å². The summed E-state index contributed by atoms with van der Waals surface area (Å²) >= 11 is 0. The minimum Gasteiger partial charge on any atom is -0.497 e. The van der Waals surface area contributed by atoms with Crippen molar-refractivity contribution in [3.63, 3.8) is 0 Å². The number of rotatable bonds is 8. The smallest absolute Gasteiger partial charge is 0.251 e. The predicted octanol–water partition coefficient (Wildman–Crippen LogP) is 2.43. The molecular formula is C18H22N2O4S. The number of nitrogens with one attached hydrogen (secondary N) is 2. The fourth-order valence-corrected chi connectivity index (χ4v) is 2.86. The average molecular weight is 362 g/mol. The highest BCUT2D eigenvalue weighted by Crippen LogP contribution is 2.13. The lowest BCUT2D eigenvalue weighted by atomic mass is 10.1. The highest BCUT2D eigenvalue weighted by Gasteiger charge is 2.05. The van der Waals surface area contributed by atoms with Crippen molar-refractivity contribution in [1.82, 2.24) is 5.32 Å². The molecule has 2 aromatic rings. The van der Waals surface area contributed by atoms with Crippen molar-refractivity contribution in [3.05, 3.63) is 59.7 Å². The molecule has 0 radical (unpaired) electrons. The highest BCUT2D eigenvalue weighted by molar-refractivity contribution is 7.92. The molecule has 0 heterocycles. The van der Waals surface area contributed by atoms with Crippen LogP contribution in [0.1, 0.15) is 22.3 Å². The summed E-state index contributed by atoms with van der Waals surface area (Å²) in [7, 11) is -1.67. The normalized spacial score (nSPS) is 11.0. The van der Waals surface area contributed by atoms with Gasteiger partial charge in [-0.25, -0.2) is 8.42 Å². The van der Waals surface area contributed by atoms with Crippen LogP contribution in [-0.2, 0) is 16.4 Å². The molecule has 6 nitrogen and oxygen atoms in total. The Balaban J connectivity index is 1.75. The molecule has 0 bridgehead atoms. The quantitative estimate of drug-likeness (QED) is 0.707. The SMILES string of the molecule is COc1ccc(C(=O)NCCCc2ccc(NS(C)(=O)=O)cc2)cc1. The number of amides is 1. The first-order valence-electron chi connectivity index (χ1n) is 7.86. The molecule has 0 saturated heterocycles. The molecule has 0 aromatic heterocycles. The van der Waals surface area contributed by atoms with Gasteiger partial charge >= 0.3 is 0 Å².